The van der Waals surface area contributed by atoms with Crippen molar-refractivity contribution >= 4 is 17.3 Å². The highest BCUT2D eigenvalue weighted by atomic mass is 16.6. The number of anilines is 1. The van der Waals surface area contributed by atoms with E-state index in [1.807, 2.05) is 0 Å². The van der Waals surface area contributed by atoms with Crippen LogP contribution >= 0.6 is 0 Å². The highest BCUT2D eigenvalue weighted by Gasteiger charge is 2.20. The first-order chi connectivity index (χ1) is 11.1. The summed E-state index contributed by atoms with van der Waals surface area (Å²) in [6.45, 7) is 0.495. The van der Waals surface area contributed by atoms with E-state index in [1.54, 1.807) is 0 Å². The molecule has 0 radical (unpaired) electrons. The van der Waals surface area contributed by atoms with Gasteiger partial charge >= 0.3 is 5.97 Å². The quantitative estimate of drug-likeness (QED) is 0.454. The van der Waals surface area contributed by atoms with Crippen LogP contribution in [0.25, 0.3) is 0 Å². The molecule has 1 aromatic carbocycles. The van der Waals surface area contributed by atoms with Crippen molar-refractivity contribution in [3.05, 3.63) is 33.9 Å². The first kappa shape index (κ1) is 17.2. The molecule has 2 rings (SSSR count). The van der Waals surface area contributed by atoms with Crippen molar-refractivity contribution in [1.82, 2.24) is 0 Å². The van der Waals surface area contributed by atoms with Crippen LogP contribution in [0.1, 0.15) is 42.5 Å². The van der Waals surface area contributed by atoms with E-state index in [4.69, 9.17) is 9.84 Å². The van der Waals surface area contributed by atoms with Gasteiger partial charge in [-0.1, -0.05) is 19.3 Å². The molecule has 126 valence electrons. The Morgan fingerprint density at radius 1 is 1.35 bits per heavy atom. The summed E-state index contributed by atoms with van der Waals surface area (Å²) in [7, 11) is 0. The molecule has 7 heteroatoms. The van der Waals surface area contributed by atoms with Gasteiger partial charge in [0.1, 0.15) is 0 Å². The second-order valence-corrected chi connectivity index (χ2v) is 5.74. The number of aliphatic hydroxyl groups is 1. The first-order valence-corrected chi connectivity index (χ1v) is 7.92. The number of rotatable bonds is 7. The predicted molar refractivity (Wildman–Crippen MR) is 85.5 cm³/mol. The topological polar surface area (TPSA) is 102 Å². The normalized spacial score (nSPS) is 15.2. The number of carbonyl (C=O) groups is 1. The Morgan fingerprint density at radius 2 is 2.09 bits per heavy atom. The number of ether oxygens (including phenoxy) is 1. The lowest BCUT2D eigenvalue weighted by Gasteiger charge is -2.21. The number of nitro groups is 1. The Balaban J connectivity index is 2.08. The summed E-state index contributed by atoms with van der Waals surface area (Å²) in [5.74, 6) is -0.194. The first-order valence-electron chi connectivity index (χ1n) is 7.92. The standard InChI is InChI=1S/C16H22N2O5/c19-9-8-17-15-7-6-13(18(21)22)10-14(15)16(20)23-11-12-4-2-1-3-5-12/h6-7,10,12,17,19H,1-5,8-9,11H2. The van der Waals surface area contributed by atoms with E-state index in [9.17, 15) is 14.9 Å². The average molecular weight is 322 g/mol. The lowest BCUT2D eigenvalue weighted by molar-refractivity contribution is -0.384. The van der Waals surface area contributed by atoms with Crippen molar-refractivity contribution in [2.24, 2.45) is 5.92 Å². The maximum atomic E-state index is 12.3. The van der Waals surface area contributed by atoms with Crippen LogP contribution in [0.5, 0.6) is 0 Å². The molecule has 1 saturated carbocycles. The van der Waals surface area contributed by atoms with Crippen LogP contribution in [0.2, 0.25) is 0 Å². The smallest absolute Gasteiger partial charge is 0.340 e. The minimum atomic E-state index is -0.570. The Kier molecular flexibility index (Phi) is 6.34. The third kappa shape index (κ3) is 4.92. The number of benzene rings is 1. The molecule has 23 heavy (non-hydrogen) atoms. The Bertz CT molecular complexity index is 555. The summed E-state index contributed by atoms with van der Waals surface area (Å²) in [6, 6.07) is 3.99. The monoisotopic (exact) mass is 322 g/mol. The molecule has 0 unspecified atom stereocenters. The molecular weight excluding hydrogens is 300 g/mol. The fraction of sp³-hybridized carbons (Fsp3) is 0.562. The molecule has 0 heterocycles. The summed E-state index contributed by atoms with van der Waals surface area (Å²) in [5, 5.41) is 22.7. The van der Waals surface area contributed by atoms with Gasteiger partial charge in [0.2, 0.25) is 0 Å². The minimum absolute atomic E-state index is 0.104. The van der Waals surface area contributed by atoms with E-state index in [0.29, 0.717) is 18.2 Å². The van der Waals surface area contributed by atoms with E-state index in [2.05, 4.69) is 5.32 Å². The van der Waals surface area contributed by atoms with Crippen LogP contribution in [-0.4, -0.2) is 35.8 Å². The van der Waals surface area contributed by atoms with Gasteiger partial charge in [0, 0.05) is 24.4 Å². The van der Waals surface area contributed by atoms with Crippen molar-refractivity contribution in [2.45, 2.75) is 32.1 Å². The minimum Gasteiger partial charge on any atom is -0.462 e. The van der Waals surface area contributed by atoms with Gasteiger partial charge in [0.05, 0.1) is 23.7 Å². The van der Waals surface area contributed by atoms with E-state index in [0.717, 1.165) is 25.7 Å². The van der Waals surface area contributed by atoms with Crippen LogP contribution in [0.4, 0.5) is 11.4 Å². The number of non-ortho nitro benzene ring substituents is 1. The van der Waals surface area contributed by atoms with Crippen LogP contribution < -0.4 is 5.32 Å². The molecule has 0 atom stereocenters. The van der Waals surface area contributed by atoms with Crippen LogP contribution in [0.3, 0.4) is 0 Å². The molecule has 0 bridgehead atoms. The molecule has 1 aromatic rings. The van der Waals surface area contributed by atoms with Gasteiger partial charge < -0.3 is 15.2 Å². The van der Waals surface area contributed by atoms with Crippen molar-refractivity contribution in [3.8, 4) is 0 Å². The Hall–Kier alpha value is -2.15. The number of nitrogens with one attached hydrogen (secondary N) is 1. The number of nitro benzene ring substituents is 1. The number of carbonyl (C=O) groups excluding carboxylic acids is 1. The summed E-state index contributed by atoms with van der Waals surface area (Å²) in [4.78, 5) is 22.7. The zero-order valence-electron chi connectivity index (χ0n) is 13.0. The predicted octanol–water partition coefficient (Wildman–Crippen LogP) is 2.74. The number of nitrogens with zero attached hydrogens (tertiary/aromatic N) is 1. The van der Waals surface area contributed by atoms with Gasteiger partial charge in [-0.05, 0) is 24.8 Å². The van der Waals surface area contributed by atoms with Crippen molar-refractivity contribution < 1.29 is 19.6 Å². The van der Waals surface area contributed by atoms with Crippen LogP contribution in [0, 0.1) is 16.0 Å². The SMILES string of the molecule is O=C(OCC1CCCCC1)c1cc([N+](=O)[O-])ccc1NCCO. The molecule has 1 fully saturated rings. The fourth-order valence-electron chi connectivity index (χ4n) is 2.78. The lowest BCUT2D eigenvalue weighted by Crippen LogP contribution is -2.18. The lowest BCUT2D eigenvalue weighted by atomic mass is 9.90. The molecule has 1 aliphatic rings. The molecule has 0 amide bonds. The molecule has 0 aliphatic heterocycles. The maximum Gasteiger partial charge on any atom is 0.340 e. The number of aliphatic hydroxyl groups excluding tert-OH is 1. The second kappa shape index (κ2) is 8.47. The summed E-state index contributed by atoms with van der Waals surface area (Å²) < 4.78 is 5.36. The zero-order chi connectivity index (χ0) is 16.7. The van der Waals surface area contributed by atoms with Crippen molar-refractivity contribution in [2.75, 3.05) is 25.1 Å². The average Bonchev–Trinajstić information content (AvgIpc) is 2.58. The van der Waals surface area contributed by atoms with Gasteiger partial charge in [-0.2, -0.15) is 0 Å². The zero-order valence-corrected chi connectivity index (χ0v) is 13.0. The van der Waals surface area contributed by atoms with Crippen LogP contribution in [-0.2, 0) is 4.74 Å². The molecule has 0 spiro atoms. The van der Waals surface area contributed by atoms with Gasteiger partial charge in [-0.25, -0.2) is 4.79 Å². The summed E-state index contributed by atoms with van der Waals surface area (Å²) in [5.41, 5.74) is 0.394. The van der Waals surface area contributed by atoms with E-state index >= 15 is 0 Å². The highest BCUT2D eigenvalue weighted by molar-refractivity contribution is 5.96. The van der Waals surface area contributed by atoms with Gasteiger partial charge in [-0.15, -0.1) is 0 Å². The summed E-state index contributed by atoms with van der Waals surface area (Å²) in [6.07, 6.45) is 5.64. The van der Waals surface area contributed by atoms with E-state index in [1.165, 1.54) is 24.6 Å². The van der Waals surface area contributed by atoms with Gasteiger partial charge in [0.25, 0.3) is 5.69 Å². The number of hydrogen-bond acceptors (Lipinski definition) is 6. The third-order valence-electron chi connectivity index (χ3n) is 4.04. The number of esters is 1. The highest BCUT2D eigenvalue weighted by Crippen LogP contribution is 2.26. The summed E-state index contributed by atoms with van der Waals surface area (Å²) >= 11 is 0. The third-order valence-corrected chi connectivity index (χ3v) is 4.04. The van der Waals surface area contributed by atoms with Gasteiger partial charge in [-0.3, -0.25) is 10.1 Å². The largest absolute Gasteiger partial charge is 0.462 e. The van der Waals surface area contributed by atoms with Crippen molar-refractivity contribution in [1.29, 1.82) is 0 Å². The maximum absolute atomic E-state index is 12.3. The number of hydrogen-bond donors (Lipinski definition) is 2. The molecular formula is C16H22N2O5. The Morgan fingerprint density at radius 3 is 2.74 bits per heavy atom. The molecule has 2 N–H and O–H groups in total. The molecule has 0 aromatic heterocycles. The Labute approximate surface area is 134 Å². The molecule has 7 nitrogen and oxygen atoms in total. The molecule has 0 saturated heterocycles. The van der Waals surface area contributed by atoms with E-state index < -0.39 is 10.9 Å². The fourth-order valence-corrected chi connectivity index (χ4v) is 2.78. The van der Waals surface area contributed by atoms with Crippen LogP contribution in [0.15, 0.2) is 18.2 Å². The molecule has 1 aliphatic carbocycles. The van der Waals surface area contributed by atoms with Gasteiger partial charge in [0.15, 0.2) is 0 Å². The van der Waals surface area contributed by atoms with Crippen molar-refractivity contribution in [3.63, 3.8) is 0 Å². The van der Waals surface area contributed by atoms with E-state index in [-0.39, 0.29) is 24.4 Å². The second-order valence-electron chi connectivity index (χ2n) is 5.74.